The molecule has 242 valence electrons. The zero-order valence-electron chi connectivity index (χ0n) is 27.8. The molecule has 0 aliphatic heterocycles. The predicted octanol–water partition coefficient (Wildman–Crippen LogP) is 10.1. The summed E-state index contributed by atoms with van der Waals surface area (Å²) in [6.07, 6.45) is 34.2. The molecule has 0 radical (unpaired) electrons. The van der Waals surface area contributed by atoms with Crippen molar-refractivity contribution in [1.82, 2.24) is 10.6 Å². The summed E-state index contributed by atoms with van der Waals surface area (Å²) in [5, 5.41) is 5.69. The van der Waals surface area contributed by atoms with Crippen LogP contribution in [0.15, 0.2) is 0 Å². The molecule has 0 aromatic carbocycles. The Hall–Kier alpha value is -1.39. The van der Waals surface area contributed by atoms with E-state index in [1.807, 2.05) is 0 Å². The summed E-state index contributed by atoms with van der Waals surface area (Å²) in [6.45, 7) is 6.20. The molecule has 0 aliphatic carbocycles. The molecular weight excluding hydrogens is 508 g/mol. The van der Waals surface area contributed by atoms with Gasteiger partial charge in [-0.15, -0.1) is 0 Å². The minimum Gasteiger partial charge on any atom is -0.354 e. The van der Waals surface area contributed by atoms with Crippen LogP contribution in [0.4, 0.5) is 0 Å². The second kappa shape index (κ2) is 31.5. The Balaban J connectivity index is 3.66. The van der Waals surface area contributed by atoms with Crippen molar-refractivity contribution in [2.24, 2.45) is 0 Å². The molecule has 0 aliphatic rings. The van der Waals surface area contributed by atoms with Crippen molar-refractivity contribution < 1.29 is 14.4 Å². The number of hydrogen-bond acceptors (Lipinski definition) is 3. The average Bonchev–Trinajstić information content (AvgIpc) is 2.95. The number of Topliss-reactive ketones (excluding diaryl/α,β-unsaturated/α-hetero) is 1. The van der Waals surface area contributed by atoms with Gasteiger partial charge in [0.1, 0.15) is 6.04 Å². The van der Waals surface area contributed by atoms with Gasteiger partial charge in [-0.2, -0.15) is 0 Å². The molecule has 0 spiro atoms. The molecule has 0 heterocycles. The molecule has 0 saturated carbocycles. The second-order valence-corrected chi connectivity index (χ2v) is 12.5. The lowest BCUT2D eigenvalue weighted by molar-refractivity contribution is -0.127. The number of nitrogens with one attached hydrogen (secondary N) is 2. The predicted molar refractivity (Wildman–Crippen MR) is 176 cm³/mol. The first-order chi connectivity index (χ1) is 20.0. The van der Waals surface area contributed by atoms with E-state index in [0.29, 0.717) is 12.8 Å². The lowest BCUT2D eigenvalue weighted by Gasteiger charge is -2.17. The lowest BCUT2D eigenvalue weighted by atomic mass is 10.0. The summed E-state index contributed by atoms with van der Waals surface area (Å²) >= 11 is 0. The fourth-order valence-corrected chi connectivity index (χ4v) is 5.47. The quantitative estimate of drug-likeness (QED) is 0.0780. The molecule has 0 saturated heterocycles. The van der Waals surface area contributed by atoms with E-state index in [4.69, 9.17) is 0 Å². The van der Waals surface area contributed by atoms with E-state index < -0.39 is 6.04 Å². The van der Waals surface area contributed by atoms with E-state index in [1.54, 1.807) is 0 Å². The fourth-order valence-electron chi connectivity index (χ4n) is 5.47. The van der Waals surface area contributed by atoms with Gasteiger partial charge in [-0.3, -0.25) is 14.4 Å². The summed E-state index contributed by atoms with van der Waals surface area (Å²) in [6, 6.07) is -0.625. The molecule has 2 N–H and O–H groups in total. The van der Waals surface area contributed by atoms with Crippen LogP contribution in [-0.4, -0.2) is 30.2 Å². The third-order valence-electron chi connectivity index (χ3n) is 8.34. The first kappa shape index (κ1) is 39.6. The van der Waals surface area contributed by atoms with Crippen LogP contribution in [0.5, 0.6) is 0 Å². The van der Waals surface area contributed by atoms with Crippen LogP contribution in [0, 0.1) is 0 Å². The Labute approximate surface area is 255 Å². The Morgan fingerprint density at radius 1 is 0.439 bits per heavy atom. The van der Waals surface area contributed by atoms with Crippen LogP contribution >= 0.6 is 0 Å². The monoisotopic (exact) mass is 579 g/mol. The minimum absolute atomic E-state index is 0.0231. The molecule has 0 unspecified atom stereocenters. The minimum atomic E-state index is -0.625. The molecule has 41 heavy (non-hydrogen) atoms. The molecule has 1 atom stereocenters. The van der Waals surface area contributed by atoms with E-state index >= 15 is 0 Å². The number of amides is 2. The molecule has 5 heteroatoms. The zero-order valence-corrected chi connectivity index (χ0v) is 27.8. The summed E-state index contributed by atoms with van der Waals surface area (Å²) in [7, 11) is 0. The van der Waals surface area contributed by atoms with Gasteiger partial charge in [0.15, 0.2) is 5.78 Å². The molecule has 0 aromatic rings. The number of rotatable bonds is 32. The van der Waals surface area contributed by atoms with Crippen LogP contribution in [0.25, 0.3) is 0 Å². The van der Waals surface area contributed by atoms with Gasteiger partial charge in [-0.1, -0.05) is 168 Å². The Morgan fingerprint density at radius 2 is 0.732 bits per heavy atom. The highest BCUT2D eigenvalue weighted by Gasteiger charge is 2.17. The SMILES string of the molecule is CCCCCCCCCCCCCCCC(=O)NC[C@@H](NC(=O)CCCCCCCCCCCCCCC)C(C)=O. The summed E-state index contributed by atoms with van der Waals surface area (Å²) < 4.78 is 0. The van der Waals surface area contributed by atoms with E-state index in [2.05, 4.69) is 24.5 Å². The largest absolute Gasteiger partial charge is 0.354 e. The summed E-state index contributed by atoms with van der Waals surface area (Å²) in [5.74, 6) is -0.214. The van der Waals surface area contributed by atoms with Crippen molar-refractivity contribution >= 4 is 17.6 Å². The Kier molecular flexibility index (Phi) is 30.5. The van der Waals surface area contributed by atoms with Gasteiger partial charge < -0.3 is 10.6 Å². The molecule has 0 rings (SSSR count). The third kappa shape index (κ3) is 29.9. The standard InChI is InChI=1S/C36H70N2O3/c1-4-6-8-10-12-14-16-18-20-22-24-26-28-30-35(40)37-32-34(33(3)39)38-36(41)31-29-27-25-23-21-19-17-15-13-11-9-7-5-2/h34H,4-32H2,1-3H3,(H,37,40)(H,38,41)/t34-/m1/s1. The van der Waals surface area contributed by atoms with Gasteiger partial charge >= 0.3 is 0 Å². The third-order valence-corrected chi connectivity index (χ3v) is 8.34. The summed E-state index contributed by atoms with van der Waals surface area (Å²) in [5.41, 5.74) is 0. The smallest absolute Gasteiger partial charge is 0.220 e. The fraction of sp³-hybridized carbons (Fsp3) is 0.917. The maximum absolute atomic E-state index is 12.3. The van der Waals surface area contributed by atoms with E-state index in [0.717, 1.165) is 25.7 Å². The van der Waals surface area contributed by atoms with E-state index in [9.17, 15) is 14.4 Å². The molecule has 0 aromatic heterocycles. The number of carbonyl (C=O) groups is 3. The van der Waals surface area contributed by atoms with E-state index in [-0.39, 0.29) is 24.1 Å². The molecule has 0 fully saturated rings. The zero-order chi connectivity index (χ0) is 30.2. The van der Waals surface area contributed by atoms with Crippen molar-refractivity contribution in [3.05, 3.63) is 0 Å². The van der Waals surface area contributed by atoms with Gasteiger partial charge in [0.05, 0.1) is 0 Å². The Bertz CT molecular complexity index is 608. The average molecular weight is 579 g/mol. The molecular formula is C36H70N2O3. The van der Waals surface area contributed by atoms with Gasteiger partial charge in [0.25, 0.3) is 0 Å². The van der Waals surface area contributed by atoms with Crippen LogP contribution in [0.2, 0.25) is 0 Å². The second-order valence-electron chi connectivity index (χ2n) is 12.5. The van der Waals surface area contributed by atoms with Crippen molar-refractivity contribution in [2.45, 2.75) is 207 Å². The highest BCUT2D eigenvalue weighted by molar-refractivity contribution is 5.88. The van der Waals surface area contributed by atoms with Crippen molar-refractivity contribution in [2.75, 3.05) is 6.54 Å². The topological polar surface area (TPSA) is 75.3 Å². The van der Waals surface area contributed by atoms with Crippen LogP contribution in [-0.2, 0) is 14.4 Å². The highest BCUT2D eigenvalue weighted by Crippen LogP contribution is 2.14. The van der Waals surface area contributed by atoms with Crippen LogP contribution in [0.1, 0.15) is 201 Å². The number of hydrogen-bond donors (Lipinski definition) is 2. The lowest BCUT2D eigenvalue weighted by Crippen LogP contribution is -2.47. The maximum Gasteiger partial charge on any atom is 0.220 e. The molecule has 5 nitrogen and oxygen atoms in total. The highest BCUT2D eigenvalue weighted by atomic mass is 16.2. The normalized spacial score (nSPS) is 11.9. The van der Waals surface area contributed by atoms with Crippen LogP contribution < -0.4 is 10.6 Å². The van der Waals surface area contributed by atoms with Crippen molar-refractivity contribution in [3.8, 4) is 0 Å². The first-order valence-electron chi connectivity index (χ1n) is 18.1. The number of ketones is 1. The van der Waals surface area contributed by atoms with Crippen molar-refractivity contribution in [3.63, 3.8) is 0 Å². The Morgan fingerprint density at radius 3 is 1.05 bits per heavy atom. The van der Waals surface area contributed by atoms with Crippen molar-refractivity contribution in [1.29, 1.82) is 0 Å². The molecule has 0 bridgehead atoms. The number of unbranched alkanes of at least 4 members (excludes halogenated alkanes) is 24. The molecule has 2 amide bonds. The van der Waals surface area contributed by atoms with Crippen LogP contribution in [0.3, 0.4) is 0 Å². The van der Waals surface area contributed by atoms with Gasteiger partial charge in [0, 0.05) is 19.4 Å². The van der Waals surface area contributed by atoms with Gasteiger partial charge in [-0.05, 0) is 19.8 Å². The van der Waals surface area contributed by atoms with Gasteiger partial charge in [-0.25, -0.2) is 0 Å². The van der Waals surface area contributed by atoms with Gasteiger partial charge in [0.2, 0.25) is 11.8 Å². The first-order valence-corrected chi connectivity index (χ1v) is 18.1. The summed E-state index contributed by atoms with van der Waals surface area (Å²) in [4.78, 5) is 36.6. The number of carbonyl (C=O) groups excluding carboxylic acids is 3. The maximum atomic E-state index is 12.3. The van der Waals surface area contributed by atoms with E-state index in [1.165, 1.54) is 148 Å².